The van der Waals surface area contributed by atoms with Crippen molar-refractivity contribution in [3.8, 4) is 0 Å². The SMILES string of the molecule is CC1CCc2sc(C(=O)NNC(=O)C(C)NC(=O)OC(C)(C)C)cc2C1. The van der Waals surface area contributed by atoms with Gasteiger partial charge in [0.25, 0.3) is 11.8 Å². The molecule has 0 aromatic carbocycles. The van der Waals surface area contributed by atoms with E-state index in [-0.39, 0.29) is 5.91 Å². The maximum Gasteiger partial charge on any atom is 0.408 e. The topological polar surface area (TPSA) is 96.5 Å². The highest BCUT2D eigenvalue weighted by Crippen LogP contribution is 2.32. The summed E-state index contributed by atoms with van der Waals surface area (Å²) in [4.78, 5) is 37.8. The van der Waals surface area contributed by atoms with Crippen LogP contribution in [-0.2, 0) is 22.4 Å². The van der Waals surface area contributed by atoms with Crippen LogP contribution in [0.25, 0.3) is 0 Å². The molecule has 1 heterocycles. The number of amides is 3. The Morgan fingerprint density at radius 2 is 1.96 bits per heavy atom. The molecular formula is C18H27N3O4S. The minimum atomic E-state index is -0.845. The summed E-state index contributed by atoms with van der Waals surface area (Å²) in [5.41, 5.74) is 5.32. The number of ether oxygens (including phenoxy) is 1. The zero-order chi connectivity index (χ0) is 19.5. The molecule has 1 aliphatic rings. The summed E-state index contributed by atoms with van der Waals surface area (Å²) >= 11 is 1.47. The smallest absolute Gasteiger partial charge is 0.408 e. The van der Waals surface area contributed by atoms with Crippen molar-refractivity contribution in [2.75, 3.05) is 0 Å². The van der Waals surface area contributed by atoms with Crippen LogP contribution in [0.3, 0.4) is 0 Å². The Morgan fingerprint density at radius 3 is 2.62 bits per heavy atom. The second kappa shape index (κ2) is 8.07. The van der Waals surface area contributed by atoms with Gasteiger partial charge in [-0.15, -0.1) is 11.3 Å². The van der Waals surface area contributed by atoms with E-state index in [0.717, 1.165) is 19.3 Å². The number of rotatable bonds is 3. The third-order valence-electron chi connectivity index (χ3n) is 3.98. The van der Waals surface area contributed by atoms with E-state index in [1.165, 1.54) is 28.7 Å². The Bertz CT molecular complexity index is 693. The highest BCUT2D eigenvalue weighted by molar-refractivity contribution is 7.14. The first-order valence-corrected chi connectivity index (χ1v) is 9.58. The molecule has 1 aliphatic carbocycles. The summed E-state index contributed by atoms with van der Waals surface area (Å²) in [6, 6.07) is 1.06. The lowest BCUT2D eigenvalue weighted by atomic mass is 9.90. The number of thiophene rings is 1. The van der Waals surface area contributed by atoms with E-state index in [0.29, 0.717) is 10.8 Å². The molecule has 7 nitrogen and oxygen atoms in total. The van der Waals surface area contributed by atoms with Gasteiger partial charge in [-0.3, -0.25) is 20.4 Å². The molecule has 2 unspecified atom stereocenters. The maximum absolute atomic E-state index is 12.3. The molecule has 0 fully saturated rings. The fourth-order valence-corrected chi connectivity index (χ4v) is 3.76. The van der Waals surface area contributed by atoms with Gasteiger partial charge in [-0.05, 0) is 64.5 Å². The Kier molecular flexibility index (Phi) is 6.28. The molecule has 144 valence electrons. The largest absolute Gasteiger partial charge is 0.444 e. The van der Waals surface area contributed by atoms with Gasteiger partial charge in [-0.2, -0.15) is 0 Å². The Labute approximate surface area is 157 Å². The van der Waals surface area contributed by atoms with Gasteiger partial charge < -0.3 is 10.1 Å². The molecule has 0 aliphatic heterocycles. The first kappa shape index (κ1) is 20.2. The fraction of sp³-hybridized carbons (Fsp3) is 0.611. The van der Waals surface area contributed by atoms with Gasteiger partial charge in [0.1, 0.15) is 11.6 Å². The average molecular weight is 381 g/mol. The summed E-state index contributed by atoms with van der Waals surface area (Å²) in [6.07, 6.45) is 2.44. The van der Waals surface area contributed by atoms with Gasteiger partial charge in [-0.25, -0.2) is 4.79 Å². The van der Waals surface area contributed by atoms with Crippen molar-refractivity contribution in [1.82, 2.24) is 16.2 Å². The number of carbonyl (C=O) groups is 3. The summed E-state index contributed by atoms with van der Waals surface area (Å²) in [7, 11) is 0. The predicted octanol–water partition coefficient (Wildman–Crippen LogP) is 2.55. The molecule has 8 heteroatoms. The molecule has 3 N–H and O–H groups in total. The summed E-state index contributed by atoms with van der Waals surface area (Å²) < 4.78 is 5.09. The Morgan fingerprint density at radius 1 is 1.27 bits per heavy atom. The number of carbonyl (C=O) groups excluding carboxylic acids is 3. The normalized spacial score (nSPS) is 17.7. The van der Waals surface area contributed by atoms with E-state index < -0.39 is 23.6 Å². The van der Waals surface area contributed by atoms with E-state index in [2.05, 4.69) is 23.1 Å². The van der Waals surface area contributed by atoms with Gasteiger partial charge in [-0.1, -0.05) is 6.92 Å². The first-order chi connectivity index (χ1) is 12.0. The molecule has 2 rings (SSSR count). The molecule has 0 bridgehead atoms. The van der Waals surface area contributed by atoms with Crippen LogP contribution in [0.15, 0.2) is 6.07 Å². The van der Waals surface area contributed by atoms with Crippen LogP contribution in [0.1, 0.15) is 61.2 Å². The molecule has 0 spiro atoms. The third-order valence-corrected chi connectivity index (χ3v) is 5.21. The van der Waals surface area contributed by atoms with Crippen molar-refractivity contribution < 1.29 is 19.1 Å². The molecule has 2 atom stereocenters. The lowest BCUT2D eigenvalue weighted by molar-refractivity contribution is -0.123. The van der Waals surface area contributed by atoms with Crippen LogP contribution in [0.2, 0.25) is 0 Å². The highest BCUT2D eigenvalue weighted by atomic mass is 32.1. The Hall–Kier alpha value is -2.09. The number of hydrogen-bond acceptors (Lipinski definition) is 5. The zero-order valence-corrected chi connectivity index (χ0v) is 16.7. The second-order valence-electron chi connectivity index (χ2n) is 7.72. The van der Waals surface area contributed by atoms with E-state index in [1.807, 2.05) is 6.07 Å². The zero-order valence-electron chi connectivity index (χ0n) is 15.9. The highest BCUT2D eigenvalue weighted by Gasteiger charge is 2.23. The molecular weight excluding hydrogens is 354 g/mol. The first-order valence-electron chi connectivity index (χ1n) is 8.76. The van der Waals surface area contributed by atoms with Crippen molar-refractivity contribution in [2.24, 2.45) is 5.92 Å². The van der Waals surface area contributed by atoms with Gasteiger partial charge >= 0.3 is 6.09 Å². The molecule has 1 aromatic rings. The lowest BCUT2D eigenvalue weighted by Crippen LogP contribution is -2.51. The molecule has 0 radical (unpaired) electrons. The van der Waals surface area contributed by atoms with Gasteiger partial charge in [0.05, 0.1) is 4.88 Å². The van der Waals surface area contributed by atoms with Crippen LogP contribution in [0.4, 0.5) is 4.79 Å². The van der Waals surface area contributed by atoms with Gasteiger partial charge in [0, 0.05) is 4.88 Å². The van der Waals surface area contributed by atoms with Crippen molar-refractivity contribution in [3.05, 3.63) is 21.4 Å². The molecule has 0 saturated heterocycles. The van der Waals surface area contributed by atoms with Crippen LogP contribution in [0, 0.1) is 5.92 Å². The van der Waals surface area contributed by atoms with E-state index in [9.17, 15) is 14.4 Å². The van der Waals surface area contributed by atoms with E-state index >= 15 is 0 Å². The summed E-state index contributed by atoms with van der Waals surface area (Å²) in [5.74, 6) is -0.249. The maximum atomic E-state index is 12.3. The minimum Gasteiger partial charge on any atom is -0.444 e. The van der Waals surface area contributed by atoms with Crippen molar-refractivity contribution in [2.45, 2.75) is 65.5 Å². The van der Waals surface area contributed by atoms with Crippen LogP contribution in [-0.4, -0.2) is 29.6 Å². The molecule has 1 aromatic heterocycles. The van der Waals surface area contributed by atoms with Crippen molar-refractivity contribution >= 4 is 29.2 Å². The number of hydrazine groups is 1. The van der Waals surface area contributed by atoms with E-state index in [4.69, 9.17) is 4.74 Å². The van der Waals surface area contributed by atoms with Gasteiger partial charge in [0.15, 0.2) is 0 Å². The number of fused-ring (bicyclic) bond motifs is 1. The monoisotopic (exact) mass is 381 g/mol. The number of hydrogen-bond donors (Lipinski definition) is 3. The van der Waals surface area contributed by atoms with E-state index in [1.54, 1.807) is 20.8 Å². The quantitative estimate of drug-likeness (QED) is 0.701. The molecule has 3 amide bonds. The minimum absolute atomic E-state index is 0.352. The fourth-order valence-electron chi connectivity index (χ4n) is 2.66. The van der Waals surface area contributed by atoms with Crippen molar-refractivity contribution in [3.63, 3.8) is 0 Å². The lowest BCUT2D eigenvalue weighted by Gasteiger charge is -2.21. The van der Waals surface area contributed by atoms with Crippen LogP contribution < -0.4 is 16.2 Å². The summed E-state index contributed by atoms with van der Waals surface area (Å²) in [5, 5.41) is 2.42. The average Bonchev–Trinajstić information content (AvgIpc) is 2.93. The standard InChI is InChI=1S/C18H27N3O4S/c1-10-6-7-13-12(8-10)9-14(26-13)16(23)21-20-15(22)11(2)19-17(24)25-18(3,4)5/h9-11H,6-8H2,1-5H3,(H,19,24)(H,20,22)(H,21,23). The molecule has 0 saturated carbocycles. The number of nitrogens with one attached hydrogen (secondary N) is 3. The summed E-state index contributed by atoms with van der Waals surface area (Å²) in [6.45, 7) is 8.92. The number of aryl methyl sites for hydroxylation is 1. The van der Waals surface area contributed by atoms with Crippen LogP contribution in [0.5, 0.6) is 0 Å². The number of alkyl carbamates (subject to hydrolysis) is 1. The van der Waals surface area contributed by atoms with Crippen LogP contribution >= 0.6 is 11.3 Å². The second-order valence-corrected chi connectivity index (χ2v) is 8.86. The Balaban J connectivity index is 1.83. The van der Waals surface area contributed by atoms with Crippen molar-refractivity contribution in [1.29, 1.82) is 0 Å². The predicted molar refractivity (Wildman–Crippen MR) is 99.9 cm³/mol. The third kappa shape index (κ3) is 5.72. The molecule has 26 heavy (non-hydrogen) atoms. The van der Waals surface area contributed by atoms with Gasteiger partial charge in [0.2, 0.25) is 0 Å².